The molecule has 2 atom stereocenters. The lowest BCUT2D eigenvalue weighted by atomic mass is 9.91. The summed E-state index contributed by atoms with van der Waals surface area (Å²) in [6, 6.07) is 12.8. The zero-order valence-corrected chi connectivity index (χ0v) is 16.4. The molecule has 4 nitrogen and oxygen atoms in total. The van der Waals surface area contributed by atoms with Gasteiger partial charge in [0.25, 0.3) is 0 Å². The maximum Gasteiger partial charge on any atom is 0.148 e. The second-order valence-electron chi connectivity index (χ2n) is 7.23. The minimum atomic E-state index is -0.639. The molecule has 0 saturated heterocycles. The van der Waals surface area contributed by atoms with Crippen LogP contribution in [0.15, 0.2) is 65.1 Å². The van der Waals surface area contributed by atoms with Crippen LogP contribution >= 0.6 is 0 Å². The number of aliphatic hydroxyl groups is 1. The average molecular weight is 377 g/mol. The molecular weight excluding hydrogens is 348 g/mol. The predicted molar refractivity (Wildman–Crippen MR) is 118 cm³/mol. The molecule has 1 aliphatic heterocycles. The first-order valence-electron chi connectivity index (χ1n) is 9.79. The first-order chi connectivity index (χ1) is 13.6. The number of fused-ring (bicyclic) bond motifs is 1. The molecule has 0 amide bonds. The van der Waals surface area contributed by atoms with Gasteiger partial charge in [0, 0.05) is 6.21 Å². The monoisotopic (exact) mass is 376 g/mol. The van der Waals surface area contributed by atoms with E-state index >= 15 is 0 Å². The first kappa shape index (κ1) is 20.2. The number of aliphatic hydroxyl groups excluding tert-OH is 1. The summed E-state index contributed by atoms with van der Waals surface area (Å²) in [5.74, 6) is 0. The van der Waals surface area contributed by atoms with E-state index in [9.17, 15) is 5.11 Å². The topological polar surface area (TPSA) is 54.2 Å². The Morgan fingerprint density at radius 3 is 2.82 bits per heavy atom. The number of allylic oxidation sites excluding steroid dienone is 1. The lowest BCUT2D eigenvalue weighted by Crippen LogP contribution is -2.36. The number of benzene rings is 2. The summed E-state index contributed by atoms with van der Waals surface area (Å²) in [4.78, 5) is 8.52. The van der Waals surface area contributed by atoms with Crippen LogP contribution in [0, 0.1) is 0 Å². The standard InChI is InChI=1S/C24H28N2O2/c1-3-13-28-24(16-25-18-26-17-24)23-12-11-21-14-20(9-10-22(21)15-23)8-6-4-5-7-19(2)27/h3,6,8-12,14-16,18-19,27H,1,4-5,7,13,17H2,2H3. The summed E-state index contributed by atoms with van der Waals surface area (Å²) in [7, 11) is 0. The molecule has 1 N–H and O–H groups in total. The van der Waals surface area contributed by atoms with Gasteiger partial charge in [0.05, 0.1) is 19.3 Å². The minimum Gasteiger partial charge on any atom is -0.393 e. The highest BCUT2D eigenvalue weighted by Gasteiger charge is 2.32. The molecule has 1 aliphatic rings. The van der Waals surface area contributed by atoms with Gasteiger partial charge < -0.3 is 9.84 Å². The molecule has 2 aromatic rings. The maximum atomic E-state index is 9.32. The fourth-order valence-electron chi connectivity index (χ4n) is 3.34. The van der Waals surface area contributed by atoms with Gasteiger partial charge in [-0.1, -0.05) is 42.5 Å². The molecule has 28 heavy (non-hydrogen) atoms. The molecule has 0 fully saturated rings. The Hall–Kier alpha value is -2.56. The van der Waals surface area contributed by atoms with E-state index in [4.69, 9.17) is 4.74 Å². The van der Waals surface area contributed by atoms with Gasteiger partial charge in [-0.2, -0.15) is 0 Å². The van der Waals surface area contributed by atoms with Gasteiger partial charge in [0.15, 0.2) is 0 Å². The van der Waals surface area contributed by atoms with E-state index in [1.165, 1.54) is 10.9 Å². The Kier molecular flexibility index (Phi) is 6.90. The lowest BCUT2D eigenvalue weighted by molar-refractivity contribution is 0.0332. The van der Waals surface area contributed by atoms with Crippen molar-refractivity contribution in [3.63, 3.8) is 0 Å². The van der Waals surface area contributed by atoms with E-state index in [0.29, 0.717) is 13.2 Å². The smallest absolute Gasteiger partial charge is 0.148 e. The number of hydrogen-bond acceptors (Lipinski definition) is 4. The van der Waals surface area contributed by atoms with Crippen molar-refractivity contribution in [1.82, 2.24) is 0 Å². The molecule has 0 aliphatic carbocycles. The zero-order valence-electron chi connectivity index (χ0n) is 16.4. The Bertz CT molecular complexity index is 899. The van der Waals surface area contributed by atoms with Gasteiger partial charge in [-0.25, -0.2) is 4.99 Å². The SMILES string of the molecule is C=CCOC1(c2ccc3cc(C=CCCCC(C)O)ccc3c2)C=NC=NC1. The normalized spacial score (nSPS) is 20.1. The lowest BCUT2D eigenvalue weighted by Gasteiger charge is -2.30. The van der Waals surface area contributed by atoms with Crippen molar-refractivity contribution in [3.05, 3.63) is 66.3 Å². The zero-order chi connectivity index (χ0) is 19.8. The van der Waals surface area contributed by atoms with Crippen LogP contribution in [0.25, 0.3) is 16.8 Å². The van der Waals surface area contributed by atoms with Gasteiger partial charge in [0.1, 0.15) is 11.9 Å². The summed E-state index contributed by atoms with van der Waals surface area (Å²) in [5.41, 5.74) is 1.59. The summed E-state index contributed by atoms with van der Waals surface area (Å²) in [6.07, 6.45) is 12.1. The van der Waals surface area contributed by atoms with Crippen LogP contribution in [0.1, 0.15) is 37.3 Å². The van der Waals surface area contributed by atoms with Crippen LogP contribution in [0.4, 0.5) is 0 Å². The Balaban J connectivity index is 1.78. The van der Waals surface area contributed by atoms with Crippen molar-refractivity contribution in [1.29, 1.82) is 0 Å². The second kappa shape index (κ2) is 9.58. The van der Waals surface area contributed by atoms with Crippen molar-refractivity contribution in [3.8, 4) is 0 Å². The quantitative estimate of drug-likeness (QED) is 0.499. The number of hydrogen-bond donors (Lipinski definition) is 1. The summed E-state index contributed by atoms with van der Waals surface area (Å²) < 4.78 is 6.06. The molecular formula is C24H28N2O2. The van der Waals surface area contributed by atoms with Crippen LogP contribution in [0.3, 0.4) is 0 Å². The Labute approximate surface area is 167 Å². The molecule has 3 rings (SSSR count). The number of rotatable bonds is 9. The van der Waals surface area contributed by atoms with Gasteiger partial charge in [-0.3, -0.25) is 4.99 Å². The molecule has 2 unspecified atom stereocenters. The molecule has 4 heteroatoms. The van der Waals surface area contributed by atoms with Gasteiger partial charge in [-0.05, 0) is 60.2 Å². The van der Waals surface area contributed by atoms with Crippen LogP contribution in [0.5, 0.6) is 0 Å². The minimum absolute atomic E-state index is 0.220. The highest BCUT2D eigenvalue weighted by molar-refractivity contribution is 5.88. The van der Waals surface area contributed by atoms with E-state index < -0.39 is 5.60 Å². The van der Waals surface area contributed by atoms with Crippen molar-refractivity contribution in [2.75, 3.05) is 13.2 Å². The Morgan fingerprint density at radius 2 is 2.07 bits per heavy atom. The van der Waals surface area contributed by atoms with E-state index in [2.05, 4.69) is 65.1 Å². The molecule has 1 heterocycles. The number of ether oxygens (including phenoxy) is 1. The van der Waals surface area contributed by atoms with Crippen molar-refractivity contribution in [2.45, 2.75) is 37.9 Å². The van der Waals surface area contributed by atoms with E-state index in [1.807, 2.05) is 13.1 Å². The van der Waals surface area contributed by atoms with Crippen LogP contribution in [-0.4, -0.2) is 36.9 Å². The number of unbranched alkanes of at least 4 members (excludes halogenated alkanes) is 1. The number of nitrogens with zero attached hydrogens (tertiary/aromatic N) is 2. The number of aliphatic imine (C=N–C) groups is 2. The first-order valence-corrected chi connectivity index (χ1v) is 9.79. The molecule has 0 spiro atoms. The van der Waals surface area contributed by atoms with E-state index in [1.54, 1.807) is 12.4 Å². The van der Waals surface area contributed by atoms with E-state index in [-0.39, 0.29) is 6.10 Å². The fraction of sp³-hybridized carbons (Fsp3) is 0.333. The molecule has 0 saturated carbocycles. The summed E-state index contributed by atoms with van der Waals surface area (Å²) in [6.45, 7) is 6.54. The maximum absolute atomic E-state index is 9.32. The molecule has 2 aromatic carbocycles. The fourth-order valence-corrected chi connectivity index (χ4v) is 3.34. The third-order valence-electron chi connectivity index (χ3n) is 4.87. The van der Waals surface area contributed by atoms with Gasteiger partial charge in [-0.15, -0.1) is 6.58 Å². The van der Waals surface area contributed by atoms with Gasteiger partial charge >= 0.3 is 0 Å². The summed E-state index contributed by atoms with van der Waals surface area (Å²) >= 11 is 0. The predicted octanol–water partition coefficient (Wildman–Crippen LogP) is 4.91. The van der Waals surface area contributed by atoms with Crippen LogP contribution < -0.4 is 0 Å². The molecule has 0 aromatic heterocycles. The third kappa shape index (κ3) is 5.03. The van der Waals surface area contributed by atoms with Crippen molar-refractivity contribution in [2.24, 2.45) is 9.98 Å². The van der Waals surface area contributed by atoms with Crippen molar-refractivity contribution < 1.29 is 9.84 Å². The summed E-state index contributed by atoms with van der Waals surface area (Å²) in [5, 5.41) is 11.7. The Morgan fingerprint density at radius 1 is 1.25 bits per heavy atom. The molecule has 0 bridgehead atoms. The average Bonchev–Trinajstić information content (AvgIpc) is 2.72. The largest absolute Gasteiger partial charge is 0.393 e. The molecule has 0 radical (unpaired) electrons. The van der Waals surface area contributed by atoms with Crippen molar-refractivity contribution >= 4 is 29.4 Å². The third-order valence-corrected chi connectivity index (χ3v) is 4.87. The van der Waals surface area contributed by atoms with Crippen LogP contribution in [0.2, 0.25) is 0 Å². The highest BCUT2D eigenvalue weighted by atomic mass is 16.5. The second-order valence-corrected chi connectivity index (χ2v) is 7.23. The van der Waals surface area contributed by atoms with E-state index in [0.717, 1.165) is 30.2 Å². The van der Waals surface area contributed by atoms with Gasteiger partial charge in [0.2, 0.25) is 0 Å². The molecule has 146 valence electrons. The van der Waals surface area contributed by atoms with Crippen LogP contribution in [-0.2, 0) is 10.3 Å². The highest BCUT2D eigenvalue weighted by Crippen LogP contribution is 2.30.